The Morgan fingerprint density at radius 2 is 1.96 bits per heavy atom. The van der Waals surface area contributed by atoms with Crippen LogP contribution in [0, 0.1) is 5.82 Å². The van der Waals surface area contributed by atoms with E-state index in [2.05, 4.69) is 5.32 Å². The number of hydrogen-bond donors (Lipinski definition) is 1. The monoisotopic (exact) mass is 340 g/mol. The van der Waals surface area contributed by atoms with Crippen LogP contribution in [0.5, 0.6) is 0 Å². The molecule has 130 valence electrons. The molecular weight excluding hydrogens is 319 g/mol. The second-order valence-electron chi connectivity index (χ2n) is 6.86. The van der Waals surface area contributed by atoms with Crippen LogP contribution < -0.4 is 10.2 Å². The van der Waals surface area contributed by atoms with Gasteiger partial charge in [0.1, 0.15) is 5.82 Å². The summed E-state index contributed by atoms with van der Waals surface area (Å²) >= 11 is 0. The third-order valence-corrected chi connectivity index (χ3v) is 4.72. The molecule has 4 nitrogen and oxygen atoms in total. The first-order valence-corrected chi connectivity index (χ1v) is 8.26. The van der Waals surface area contributed by atoms with Crippen LogP contribution in [0.25, 0.3) is 0 Å². The molecule has 2 aromatic carbocycles. The minimum Gasteiger partial charge on any atom is -0.352 e. The van der Waals surface area contributed by atoms with E-state index in [4.69, 9.17) is 0 Å². The maximum absolute atomic E-state index is 13.2. The normalized spacial score (nSPS) is 15.2. The van der Waals surface area contributed by atoms with Gasteiger partial charge in [0.05, 0.1) is 5.41 Å². The lowest BCUT2D eigenvalue weighted by Crippen LogP contribution is -2.33. The molecule has 0 aliphatic carbocycles. The third-order valence-electron chi connectivity index (χ3n) is 4.72. The molecule has 1 aliphatic heterocycles. The van der Waals surface area contributed by atoms with Gasteiger partial charge in [-0.05, 0) is 55.7 Å². The number of halogens is 1. The summed E-state index contributed by atoms with van der Waals surface area (Å²) in [4.78, 5) is 26.0. The molecule has 0 aromatic heterocycles. The number of fused-ring (bicyclic) bond motifs is 1. The fraction of sp³-hybridized carbons (Fsp3) is 0.300. The summed E-state index contributed by atoms with van der Waals surface area (Å²) in [5.41, 5.74) is 2.76. The van der Waals surface area contributed by atoms with E-state index in [-0.39, 0.29) is 11.8 Å². The summed E-state index contributed by atoms with van der Waals surface area (Å²) in [6.07, 6.45) is 0.641. The molecule has 2 aromatic rings. The van der Waals surface area contributed by atoms with Gasteiger partial charge in [-0.15, -0.1) is 0 Å². The van der Waals surface area contributed by atoms with Crippen LogP contribution in [0.1, 0.15) is 35.3 Å². The Bertz CT molecular complexity index is 845. The molecule has 0 bridgehead atoms. The van der Waals surface area contributed by atoms with Crippen LogP contribution in [0.3, 0.4) is 0 Å². The van der Waals surface area contributed by atoms with Crippen LogP contribution >= 0.6 is 0 Å². The molecule has 0 unspecified atom stereocenters. The molecule has 0 saturated heterocycles. The van der Waals surface area contributed by atoms with Gasteiger partial charge in [0.25, 0.3) is 5.91 Å². The van der Waals surface area contributed by atoms with E-state index in [0.717, 1.165) is 16.8 Å². The molecule has 1 aliphatic rings. The van der Waals surface area contributed by atoms with Crippen molar-refractivity contribution in [1.82, 2.24) is 5.32 Å². The van der Waals surface area contributed by atoms with Crippen LogP contribution in [0.4, 0.5) is 10.1 Å². The van der Waals surface area contributed by atoms with Gasteiger partial charge in [0.2, 0.25) is 5.91 Å². The summed E-state index contributed by atoms with van der Waals surface area (Å²) in [7, 11) is 1.79. The Morgan fingerprint density at radius 3 is 2.68 bits per heavy atom. The highest BCUT2D eigenvalue weighted by atomic mass is 19.1. The number of nitrogens with one attached hydrogen (secondary N) is 1. The first kappa shape index (κ1) is 17.1. The summed E-state index contributed by atoms with van der Waals surface area (Å²) in [5, 5.41) is 2.80. The van der Waals surface area contributed by atoms with Crippen molar-refractivity contribution in [1.29, 1.82) is 0 Å². The van der Waals surface area contributed by atoms with Crippen LogP contribution in [0.2, 0.25) is 0 Å². The fourth-order valence-corrected chi connectivity index (χ4v) is 3.23. The molecule has 3 rings (SSSR count). The zero-order valence-corrected chi connectivity index (χ0v) is 14.6. The second kappa shape index (κ2) is 6.31. The fourth-order valence-electron chi connectivity index (χ4n) is 3.23. The van der Waals surface area contributed by atoms with Crippen LogP contribution in [-0.2, 0) is 16.6 Å². The highest BCUT2D eigenvalue weighted by molar-refractivity contribution is 6.07. The van der Waals surface area contributed by atoms with Crippen molar-refractivity contribution in [2.24, 2.45) is 0 Å². The second-order valence-corrected chi connectivity index (χ2v) is 6.86. The minimum atomic E-state index is -0.537. The van der Waals surface area contributed by atoms with Gasteiger partial charge >= 0.3 is 0 Å². The van der Waals surface area contributed by atoms with Crippen molar-refractivity contribution >= 4 is 17.5 Å². The Kier molecular flexibility index (Phi) is 4.33. The lowest BCUT2D eigenvalue weighted by molar-refractivity contribution is -0.121. The number of carbonyl (C=O) groups excluding carboxylic acids is 2. The smallest absolute Gasteiger partial charge is 0.251 e. The molecule has 0 saturated carbocycles. The Morgan fingerprint density at radius 1 is 1.20 bits per heavy atom. The number of hydrogen-bond acceptors (Lipinski definition) is 2. The largest absolute Gasteiger partial charge is 0.352 e. The highest BCUT2D eigenvalue weighted by Crippen LogP contribution is 2.41. The van der Waals surface area contributed by atoms with E-state index in [1.54, 1.807) is 18.0 Å². The van der Waals surface area contributed by atoms with Crippen molar-refractivity contribution < 1.29 is 14.0 Å². The van der Waals surface area contributed by atoms with E-state index < -0.39 is 11.2 Å². The summed E-state index contributed by atoms with van der Waals surface area (Å²) in [6, 6.07) is 11.6. The summed E-state index contributed by atoms with van der Waals surface area (Å²) in [6.45, 7) is 4.29. The molecule has 0 atom stereocenters. The number of rotatable bonds is 4. The average molecular weight is 340 g/mol. The van der Waals surface area contributed by atoms with Gasteiger partial charge in [-0.1, -0.05) is 18.2 Å². The lowest BCUT2D eigenvalue weighted by Gasteiger charge is -2.16. The van der Waals surface area contributed by atoms with E-state index in [1.165, 1.54) is 18.2 Å². The summed E-state index contributed by atoms with van der Waals surface area (Å²) in [5.74, 6) is -0.641. The van der Waals surface area contributed by atoms with Crippen molar-refractivity contribution in [2.45, 2.75) is 25.7 Å². The standard InChI is InChI=1S/C20H21FN2O2/c1-20(2)16-11-13(7-8-17(16)23(3)19(20)25)9-10-22-18(24)14-5-4-6-15(21)12-14/h4-8,11-12H,9-10H2,1-3H3,(H,22,24). The van der Waals surface area contributed by atoms with E-state index in [1.807, 2.05) is 32.0 Å². The zero-order valence-electron chi connectivity index (χ0n) is 14.6. The SMILES string of the molecule is CN1C(=O)C(C)(C)c2cc(CCNC(=O)c3cccc(F)c3)ccc21. The maximum atomic E-state index is 13.2. The van der Waals surface area contributed by atoms with Crippen molar-refractivity contribution in [3.63, 3.8) is 0 Å². The number of likely N-dealkylation sites (N-methyl/N-ethyl adjacent to an activating group) is 1. The van der Waals surface area contributed by atoms with Gasteiger partial charge in [0.15, 0.2) is 0 Å². The van der Waals surface area contributed by atoms with Crippen LogP contribution in [0.15, 0.2) is 42.5 Å². The summed E-state index contributed by atoms with van der Waals surface area (Å²) < 4.78 is 13.2. The van der Waals surface area contributed by atoms with Crippen molar-refractivity contribution in [2.75, 3.05) is 18.5 Å². The van der Waals surface area contributed by atoms with Crippen molar-refractivity contribution in [3.8, 4) is 0 Å². The van der Waals surface area contributed by atoms with Gasteiger partial charge in [0, 0.05) is 24.8 Å². The number of amides is 2. The molecule has 2 amide bonds. The quantitative estimate of drug-likeness (QED) is 0.930. The Balaban J connectivity index is 1.66. The van der Waals surface area contributed by atoms with E-state index >= 15 is 0 Å². The Hall–Kier alpha value is -2.69. The number of anilines is 1. The third kappa shape index (κ3) is 3.14. The van der Waals surface area contributed by atoms with E-state index in [9.17, 15) is 14.0 Å². The maximum Gasteiger partial charge on any atom is 0.251 e. The number of carbonyl (C=O) groups is 2. The van der Waals surface area contributed by atoms with E-state index in [0.29, 0.717) is 18.5 Å². The molecule has 0 fully saturated rings. The zero-order chi connectivity index (χ0) is 18.2. The van der Waals surface area contributed by atoms with Crippen molar-refractivity contribution in [3.05, 3.63) is 65.0 Å². The van der Waals surface area contributed by atoms with Gasteiger partial charge in [-0.25, -0.2) is 4.39 Å². The molecular formula is C20H21FN2O2. The number of nitrogens with zero attached hydrogens (tertiary/aromatic N) is 1. The predicted octanol–water partition coefficient (Wildman–Crippen LogP) is 3.05. The Labute approximate surface area is 146 Å². The van der Waals surface area contributed by atoms with Gasteiger partial charge in [-0.2, -0.15) is 0 Å². The molecule has 0 spiro atoms. The highest BCUT2D eigenvalue weighted by Gasteiger charge is 2.42. The first-order chi connectivity index (χ1) is 11.8. The topological polar surface area (TPSA) is 49.4 Å². The minimum absolute atomic E-state index is 0.0825. The van der Waals surface area contributed by atoms with Crippen LogP contribution in [-0.4, -0.2) is 25.4 Å². The molecule has 1 heterocycles. The van der Waals surface area contributed by atoms with Gasteiger partial charge < -0.3 is 10.2 Å². The molecule has 25 heavy (non-hydrogen) atoms. The average Bonchev–Trinajstić information content (AvgIpc) is 2.75. The number of benzene rings is 2. The lowest BCUT2D eigenvalue weighted by atomic mass is 9.85. The predicted molar refractivity (Wildman–Crippen MR) is 95.3 cm³/mol. The molecule has 1 N–H and O–H groups in total. The van der Waals surface area contributed by atoms with Gasteiger partial charge in [-0.3, -0.25) is 9.59 Å². The molecule has 5 heteroatoms. The first-order valence-electron chi connectivity index (χ1n) is 8.26. The molecule has 0 radical (unpaired) electrons.